The molecule has 1 aliphatic rings. The summed E-state index contributed by atoms with van der Waals surface area (Å²) in [5.41, 5.74) is 1.16. The lowest BCUT2D eigenvalue weighted by Crippen LogP contribution is -2.59. The molecular formula is C20H28N6O2. The van der Waals surface area contributed by atoms with E-state index < -0.39 is 0 Å². The van der Waals surface area contributed by atoms with Crippen molar-refractivity contribution in [3.63, 3.8) is 0 Å². The molecule has 28 heavy (non-hydrogen) atoms. The Bertz CT molecular complexity index is 819. The first-order valence-corrected chi connectivity index (χ1v) is 9.63. The molecule has 0 radical (unpaired) electrons. The Labute approximate surface area is 165 Å². The Hall–Kier alpha value is -2.74. The molecule has 0 aliphatic carbocycles. The summed E-state index contributed by atoms with van der Waals surface area (Å²) in [6.07, 6.45) is 0.350. The molecule has 0 saturated carbocycles. The minimum absolute atomic E-state index is 0.0424. The molecule has 0 spiro atoms. The molecule has 3 rings (SSSR count). The number of carbonyl (C=O) groups is 2. The highest BCUT2D eigenvalue weighted by atomic mass is 16.2. The monoisotopic (exact) mass is 384 g/mol. The molecule has 150 valence electrons. The first-order chi connectivity index (χ1) is 13.5. The number of likely N-dealkylation sites (N-methyl/N-ethyl adjacent to an activating group) is 1. The topological polar surface area (TPSA) is 83.4 Å². The van der Waals surface area contributed by atoms with Gasteiger partial charge in [0.15, 0.2) is 0 Å². The van der Waals surface area contributed by atoms with Gasteiger partial charge in [0.2, 0.25) is 11.8 Å². The molecule has 1 aromatic carbocycles. The summed E-state index contributed by atoms with van der Waals surface area (Å²) < 4.78 is 1.76. The van der Waals surface area contributed by atoms with Crippen LogP contribution in [0, 0.1) is 13.8 Å². The van der Waals surface area contributed by atoms with Gasteiger partial charge in [-0.2, -0.15) is 5.10 Å². The quantitative estimate of drug-likeness (QED) is 0.794. The van der Waals surface area contributed by atoms with Gasteiger partial charge in [-0.1, -0.05) is 30.3 Å². The van der Waals surface area contributed by atoms with Crippen LogP contribution >= 0.6 is 0 Å². The van der Waals surface area contributed by atoms with Crippen LogP contribution in [0.5, 0.6) is 0 Å². The molecule has 8 heteroatoms. The third-order valence-electron chi connectivity index (χ3n) is 5.12. The minimum atomic E-state index is -0.349. The van der Waals surface area contributed by atoms with E-state index in [1.807, 2.05) is 32.0 Å². The molecule has 1 unspecified atom stereocenters. The van der Waals surface area contributed by atoms with Crippen LogP contribution in [0.15, 0.2) is 30.3 Å². The van der Waals surface area contributed by atoms with Crippen LogP contribution in [-0.4, -0.2) is 69.1 Å². The number of hydrogen-bond acceptors (Lipinski definition) is 5. The maximum Gasteiger partial charge on any atom is 0.238 e. The van der Waals surface area contributed by atoms with Gasteiger partial charge in [-0.05, 0) is 19.4 Å². The second kappa shape index (κ2) is 8.97. The van der Waals surface area contributed by atoms with Crippen molar-refractivity contribution < 1.29 is 9.59 Å². The largest absolute Gasteiger partial charge is 0.358 e. The molecule has 1 saturated heterocycles. The van der Waals surface area contributed by atoms with Crippen LogP contribution < -0.4 is 5.32 Å². The lowest BCUT2D eigenvalue weighted by molar-refractivity contribution is -0.138. The Morgan fingerprint density at radius 3 is 2.57 bits per heavy atom. The molecule has 2 heterocycles. The Morgan fingerprint density at radius 1 is 1.18 bits per heavy atom. The molecular weight excluding hydrogens is 356 g/mol. The van der Waals surface area contributed by atoms with E-state index in [-0.39, 0.29) is 17.9 Å². The average molecular weight is 384 g/mol. The van der Waals surface area contributed by atoms with Gasteiger partial charge in [0.1, 0.15) is 17.7 Å². The van der Waals surface area contributed by atoms with E-state index in [2.05, 4.69) is 32.4 Å². The van der Waals surface area contributed by atoms with Gasteiger partial charge >= 0.3 is 0 Å². The lowest BCUT2D eigenvalue weighted by Gasteiger charge is -2.40. The number of hydrogen-bond donors (Lipinski definition) is 1. The Kier molecular flexibility index (Phi) is 6.41. The van der Waals surface area contributed by atoms with Gasteiger partial charge in [-0.25, -0.2) is 9.67 Å². The summed E-state index contributed by atoms with van der Waals surface area (Å²) in [6.45, 7) is 6.61. The number of piperazine rings is 1. The van der Waals surface area contributed by atoms with Crippen molar-refractivity contribution >= 4 is 11.8 Å². The van der Waals surface area contributed by atoms with Gasteiger partial charge in [0, 0.05) is 39.6 Å². The van der Waals surface area contributed by atoms with E-state index in [0.717, 1.165) is 11.4 Å². The van der Waals surface area contributed by atoms with Crippen molar-refractivity contribution in [3.8, 4) is 0 Å². The molecule has 8 nitrogen and oxygen atoms in total. The molecule has 2 amide bonds. The predicted molar refractivity (Wildman–Crippen MR) is 105 cm³/mol. The summed E-state index contributed by atoms with van der Waals surface area (Å²) in [7, 11) is 1.64. The highest BCUT2D eigenvalue weighted by Crippen LogP contribution is 2.16. The van der Waals surface area contributed by atoms with Gasteiger partial charge in [-0.15, -0.1) is 0 Å². The third kappa shape index (κ3) is 4.75. The second-order valence-electron chi connectivity index (χ2n) is 7.11. The van der Waals surface area contributed by atoms with Crippen LogP contribution in [-0.2, 0) is 22.7 Å². The molecule has 0 bridgehead atoms. The Morgan fingerprint density at radius 2 is 1.93 bits per heavy atom. The van der Waals surface area contributed by atoms with Crippen LogP contribution in [0.1, 0.15) is 23.6 Å². The number of benzene rings is 1. The number of rotatable bonds is 6. The molecule has 1 atom stereocenters. The van der Waals surface area contributed by atoms with Crippen molar-refractivity contribution in [2.45, 2.75) is 39.4 Å². The zero-order valence-corrected chi connectivity index (χ0v) is 16.8. The highest BCUT2D eigenvalue weighted by Gasteiger charge is 2.33. The number of aryl methyl sites for hydroxylation is 3. The average Bonchev–Trinajstić information content (AvgIpc) is 3.03. The number of carbonyl (C=O) groups excluding carboxylic acids is 2. The van der Waals surface area contributed by atoms with E-state index >= 15 is 0 Å². The molecule has 1 aromatic heterocycles. The smallest absolute Gasteiger partial charge is 0.238 e. The van der Waals surface area contributed by atoms with E-state index in [4.69, 9.17) is 0 Å². The zero-order chi connectivity index (χ0) is 20.1. The van der Waals surface area contributed by atoms with E-state index in [1.54, 1.807) is 16.6 Å². The first-order valence-electron chi connectivity index (χ1n) is 9.63. The summed E-state index contributed by atoms with van der Waals surface area (Å²) >= 11 is 0. The maximum atomic E-state index is 12.7. The zero-order valence-electron chi connectivity index (χ0n) is 16.8. The predicted octanol–water partition coefficient (Wildman–Crippen LogP) is 0.744. The van der Waals surface area contributed by atoms with Crippen LogP contribution in [0.2, 0.25) is 0 Å². The van der Waals surface area contributed by atoms with Crippen LogP contribution in [0.3, 0.4) is 0 Å². The van der Waals surface area contributed by atoms with Gasteiger partial charge < -0.3 is 10.2 Å². The summed E-state index contributed by atoms with van der Waals surface area (Å²) in [4.78, 5) is 33.4. The molecule has 1 N–H and O–H groups in total. The van der Waals surface area contributed by atoms with Crippen molar-refractivity contribution in [2.24, 2.45) is 0 Å². The fourth-order valence-electron chi connectivity index (χ4n) is 3.60. The minimum Gasteiger partial charge on any atom is -0.358 e. The Balaban J connectivity index is 1.62. The van der Waals surface area contributed by atoms with Gasteiger partial charge in [-0.3, -0.25) is 14.5 Å². The first kappa shape index (κ1) is 20.0. The van der Waals surface area contributed by atoms with Crippen molar-refractivity contribution in [1.29, 1.82) is 0 Å². The van der Waals surface area contributed by atoms with Crippen LogP contribution in [0.25, 0.3) is 0 Å². The highest BCUT2D eigenvalue weighted by molar-refractivity contribution is 5.83. The van der Waals surface area contributed by atoms with E-state index in [9.17, 15) is 9.59 Å². The molecule has 1 fully saturated rings. The van der Waals surface area contributed by atoms with Crippen molar-refractivity contribution in [1.82, 2.24) is 29.9 Å². The summed E-state index contributed by atoms with van der Waals surface area (Å²) in [5, 5.41) is 7.04. The summed E-state index contributed by atoms with van der Waals surface area (Å²) in [5.74, 6) is 1.50. The van der Waals surface area contributed by atoms with Gasteiger partial charge in [0.05, 0.1) is 6.54 Å². The van der Waals surface area contributed by atoms with Crippen molar-refractivity contribution in [3.05, 3.63) is 47.5 Å². The standard InChI is InChI=1S/C20H28N6O2/c1-15-22-16(2)26(23-15)10-9-19(27)25-12-11-24(18(14-25)20(28)21-3)13-17-7-5-4-6-8-17/h4-8,18H,9-14H2,1-3H3,(H,21,28). The van der Waals surface area contributed by atoms with E-state index in [1.165, 1.54) is 0 Å². The summed E-state index contributed by atoms with van der Waals surface area (Å²) in [6, 6.07) is 9.74. The maximum absolute atomic E-state index is 12.7. The van der Waals surface area contributed by atoms with Crippen LogP contribution in [0.4, 0.5) is 0 Å². The molecule has 1 aliphatic heterocycles. The number of aromatic nitrogens is 3. The van der Waals surface area contributed by atoms with E-state index in [0.29, 0.717) is 45.0 Å². The fourth-order valence-corrected chi connectivity index (χ4v) is 3.60. The molecule has 2 aromatic rings. The number of nitrogens with zero attached hydrogens (tertiary/aromatic N) is 5. The number of amides is 2. The van der Waals surface area contributed by atoms with Gasteiger partial charge in [0.25, 0.3) is 0 Å². The third-order valence-corrected chi connectivity index (χ3v) is 5.12. The second-order valence-corrected chi connectivity index (χ2v) is 7.11. The lowest BCUT2D eigenvalue weighted by atomic mass is 10.1. The van der Waals surface area contributed by atoms with Crippen molar-refractivity contribution in [2.75, 3.05) is 26.7 Å². The number of nitrogens with one attached hydrogen (secondary N) is 1. The fraction of sp³-hybridized carbons (Fsp3) is 0.500. The SMILES string of the molecule is CNC(=O)C1CN(C(=O)CCn2nc(C)nc2C)CCN1Cc1ccccc1. The normalized spacial score (nSPS) is 17.5.